The predicted molar refractivity (Wildman–Crippen MR) is 115 cm³/mol. The molecule has 0 radical (unpaired) electrons. The number of carbonyl (C=O) groups is 1. The lowest BCUT2D eigenvalue weighted by Gasteiger charge is -2.17. The molecule has 4 nitrogen and oxygen atoms in total. The van der Waals surface area contributed by atoms with Crippen molar-refractivity contribution in [1.29, 1.82) is 0 Å². The molecule has 1 saturated carbocycles. The maximum Gasteiger partial charge on any atom is 0.231 e. The Kier molecular flexibility index (Phi) is 4.50. The number of methoxy groups -OCH3 is 1. The second-order valence-electron chi connectivity index (χ2n) is 8.10. The van der Waals surface area contributed by atoms with E-state index in [0.29, 0.717) is 6.42 Å². The molecule has 0 amide bonds. The number of hydrogen-bond acceptors (Lipinski definition) is 4. The first-order chi connectivity index (χ1) is 14.6. The molecule has 0 N–H and O–H groups in total. The highest BCUT2D eigenvalue weighted by Gasteiger charge is 2.50. The van der Waals surface area contributed by atoms with Gasteiger partial charge in [0.05, 0.1) is 12.5 Å². The maximum atomic E-state index is 13.4. The van der Waals surface area contributed by atoms with Crippen molar-refractivity contribution < 1.29 is 19.0 Å². The Bertz CT molecular complexity index is 1130. The van der Waals surface area contributed by atoms with Crippen LogP contribution in [0.3, 0.4) is 0 Å². The van der Waals surface area contributed by atoms with Crippen LogP contribution >= 0.6 is 0 Å². The highest BCUT2D eigenvalue weighted by Crippen LogP contribution is 2.51. The molecule has 4 heteroatoms. The van der Waals surface area contributed by atoms with Crippen LogP contribution in [0.2, 0.25) is 0 Å². The second-order valence-corrected chi connectivity index (χ2v) is 8.10. The average molecular weight is 400 g/mol. The molecule has 0 bridgehead atoms. The molecular weight excluding hydrogens is 376 g/mol. The minimum absolute atomic E-state index is 0.243. The first kappa shape index (κ1) is 18.7. The molecule has 0 atom stereocenters. The van der Waals surface area contributed by atoms with Gasteiger partial charge in [-0.2, -0.15) is 0 Å². The quantitative estimate of drug-likeness (QED) is 0.567. The topological polar surface area (TPSA) is 44.8 Å². The van der Waals surface area contributed by atoms with Crippen molar-refractivity contribution in [2.45, 2.75) is 31.6 Å². The molecule has 0 aromatic heterocycles. The minimum Gasteiger partial charge on any atom is -0.496 e. The van der Waals surface area contributed by atoms with Crippen molar-refractivity contribution in [3.63, 3.8) is 0 Å². The summed E-state index contributed by atoms with van der Waals surface area (Å²) < 4.78 is 16.5. The Morgan fingerprint density at radius 2 is 1.77 bits per heavy atom. The standard InChI is InChI=1S/C26H24O4/c1-17-5-3-4-6-20(17)21-13-18(7-9-22(21)28-2)14-25(27)26(11-12-26)19-8-10-23-24(15-19)30-16-29-23/h3-10,13,15H,11-12,14,16H2,1-2H3. The number of hydrogen-bond donors (Lipinski definition) is 0. The van der Waals surface area contributed by atoms with E-state index in [1.165, 1.54) is 5.56 Å². The first-order valence-corrected chi connectivity index (χ1v) is 10.3. The van der Waals surface area contributed by atoms with Crippen LogP contribution in [-0.2, 0) is 16.6 Å². The van der Waals surface area contributed by atoms with Gasteiger partial charge in [-0.05, 0) is 66.3 Å². The van der Waals surface area contributed by atoms with Crippen molar-refractivity contribution in [2.75, 3.05) is 13.9 Å². The molecule has 3 aromatic carbocycles. The zero-order valence-electron chi connectivity index (χ0n) is 17.2. The summed E-state index contributed by atoms with van der Waals surface area (Å²) in [6, 6.07) is 20.2. The van der Waals surface area contributed by atoms with Gasteiger partial charge in [0.2, 0.25) is 6.79 Å². The Morgan fingerprint density at radius 3 is 2.53 bits per heavy atom. The van der Waals surface area contributed by atoms with Gasteiger partial charge in [0.25, 0.3) is 0 Å². The Hall–Kier alpha value is -3.27. The molecule has 1 aliphatic carbocycles. The number of benzene rings is 3. The summed E-state index contributed by atoms with van der Waals surface area (Å²) in [5.74, 6) is 2.55. The largest absolute Gasteiger partial charge is 0.496 e. The van der Waals surface area contributed by atoms with Crippen LogP contribution in [0.1, 0.15) is 29.5 Å². The summed E-state index contributed by atoms with van der Waals surface area (Å²) in [5.41, 5.74) is 4.96. The monoisotopic (exact) mass is 400 g/mol. The lowest BCUT2D eigenvalue weighted by atomic mass is 9.87. The van der Waals surface area contributed by atoms with Crippen molar-refractivity contribution in [1.82, 2.24) is 0 Å². The zero-order valence-corrected chi connectivity index (χ0v) is 17.2. The third-order valence-electron chi connectivity index (χ3n) is 6.27. The van der Waals surface area contributed by atoms with Crippen LogP contribution in [0.4, 0.5) is 0 Å². The Morgan fingerprint density at radius 1 is 0.967 bits per heavy atom. The number of aryl methyl sites for hydroxylation is 1. The Labute approximate surface area is 176 Å². The summed E-state index contributed by atoms with van der Waals surface area (Å²) in [7, 11) is 1.68. The van der Waals surface area contributed by atoms with Gasteiger partial charge < -0.3 is 14.2 Å². The van der Waals surface area contributed by atoms with Gasteiger partial charge in [-0.15, -0.1) is 0 Å². The van der Waals surface area contributed by atoms with Gasteiger partial charge in [0.1, 0.15) is 11.5 Å². The van der Waals surface area contributed by atoms with Crippen LogP contribution in [-0.4, -0.2) is 19.7 Å². The second kappa shape index (κ2) is 7.21. The molecule has 0 spiro atoms. The van der Waals surface area contributed by atoms with E-state index < -0.39 is 5.41 Å². The normalized spacial score (nSPS) is 15.7. The van der Waals surface area contributed by atoms with E-state index in [0.717, 1.165) is 52.3 Å². The molecule has 1 aliphatic heterocycles. The van der Waals surface area contributed by atoms with Crippen molar-refractivity contribution in [3.05, 3.63) is 77.4 Å². The number of carbonyl (C=O) groups excluding carboxylic acids is 1. The van der Waals surface area contributed by atoms with E-state index in [1.54, 1.807) is 7.11 Å². The summed E-state index contributed by atoms with van der Waals surface area (Å²) in [6.45, 7) is 2.33. The first-order valence-electron chi connectivity index (χ1n) is 10.3. The number of ether oxygens (including phenoxy) is 3. The fourth-order valence-electron chi connectivity index (χ4n) is 4.35. The van der Waals surface area contributed by atoms with Gasteiger partial charge in [-0.1, -0.05) is 36.4 Å². The number of rotatable bonds is 6. The van der Waals surface area contributed by atoms with E-state index in [-0.39, 0.29) is 12.6 Å². The van der Waals surface area contributed by atoms with E-state index in [1.807, 2.05) is 42.5 Å². The molecule has 3 aromatic rings. The number of fused-ring (bicyclic) bond motifs is 1. The van der Waals surface area contributed by atoms with Gasteiger partial charge in [0.15, 0.2) is 11.5 Å². The fraction of sp³-hybridized carbons (Fsp3) is 0.269. The summed E-state index contributed by atoms with van der Waals surface area (Å²) >= 11 is 0. The third kappa shape index (κ3) is 3.13. The number of ketones is 1. The van der Waals surface area contributed by atoms with Crippen LogP contribution < -0.4 is 14.2 Å². The van der Waals surface area contributed by atoms with Crippen LogP contribution in [0.15, 0.2) is 60.7 Å². The van der Waals surface area contributed by atoms with E-state index >= 15 is 0 Å². The molecular formula is C26H24O4. The van der Waals surface area contributed by atoms with Crippen molar-refractivity contribution in [3.8, 4) is 28.4 Å². The van der Waals surface area contributed by atoms with Crippen LogP contribution in [0.25, 0.3) is 11.1 Å². The third-order valence-corrected chi connectivity index (χ3v) is 6.27. The van der Waals surface area contributed by atoms with Crippen LogP contribution in [0, 0.1) is 6.92 Å². The van der Waals surface area contributed by atoms with E-state index in [9.17, 15) is 4.79 Å². The van der Waals surface area contributed by atoms with Crippen LogP contribution in [0.5, 0.6) is 17.2 Å². The summed E-state index contributed by atoms with van der Waals surface area (Å²) in [6.07, 6.45) is 2.16. The minimum atomic E-state index is -0.399. The van der Waals surface area contributed by atoms with Crippen molar-refractivity contribution in [2.24, 2.45) is 0 Å². The molecule has 1 heterocycles. The van der Waals surface area contributed by atoms with Gasteiger partial charge in [-0.3, -0.25) is 4.79 Å². The molecule has 2 aliphatic rings. The fourth-order valence-corrected chi connectivity index (χ4v) is 4.35. The average Bonchev–Trinajstić information content (AvgIpc) is 3.45. The Balaban J connectivity index is 1.44. The number of Topliss-reactive ketones (excluding diaryl/α,β-unsaturated/α-hetero) is 1. The van der Waals surface area contributed by atoms with E-state index in [4.69, 9.17) is 14.2 Å². The van der Waals surface area contributed by atoms with Gasteiger partial charge >= 0.3 is 0 Å². The highest BCUT2D eigenvalue weighted by atomic mass is 16.7. The lowest BCUT2D eigenvalue weighted by molar-refractivity contribution is -0.120. The zero-order chi connectivity index (χ0) is 20.7. The molecule has 5 rings (SSSR count). The molecule has 30 heavy (non-hydrogen) atoms. The SMILES string of the molecule is COc1ccc(CC(=O)C2(c3ccc4c(c3)OCO4)CC2)cc1-c1ccccc1C. The molecule has 152 valence electrons. The highest BCUT2D eigenvalue weighted by molar-refractivity contribution is 5.95. The van der Waals surface area contributed by atoms with Gasteiger partial charge in [0, 0.05) is 12.0 Å². The molecule has 1 fully saturated rings. The summed E-state index contributed by atoms with van der Waals surface area (Å²) in [5, 5.41) is 0. The van der Waals surface area contributed by atoms with E-state index in [2.05, 4.69) is 25.1 Å². The molecule has 0 unspecified atom stereocenters. The maximum absolute atomic E-state index is 13.4. The smallest absolute Gasteiger partial charge is 0.231 e. The summed E-state index contributed by atoms with van der Waals surface area (Å²) in [4.78, 5) is 13.4. The van der Waals surface area contributed by atoms with Gasteiger partial charge in [-0.25, -0.2) is 0 Å². The van der Waals surface area contributed by atoms with Crippen molar-refractivity contribution >= 4 is 5.78 Å². The lowest BCUT2D eigenvalue weighted by Crippen LogP contribution is -2.22. The predicted octanol–water partition coefficient (Wildman–Crippen LogP) is 5.24. The molecule has 0 saturated heterocycles.